The number of alkyl halides is 1. The number of thioether (sulfide) groups is 1. The van der Waals surface area contributed by atoms with E-state index in [1.807, 2.05) is 0 Å². The fraction of sp³-hybridized carbons (Fsp3) is 1.00. The minimum atomic E-state index is 0.471. The van der Waals surface area contributed by atoms with Crippen molar-refractivity contribution >= 4 is 27.7 Å². The SMILES string of the molecule is CCCCSCC(C)(C)CBr. The standard InChI is InChI=1S/C9H19BrS/c1-4-5-6-11-8-9(2,3)7-10/h4-8H2,1-3H3. The molecule has 68 valence electrons. The van der Waals surface area contributed by atoms with Gasteiger partial charge < -0.3 is 0 Å². The van der Waals surface area contributed by atoms with Crippen LogP contribution in [0.1, 0.15) is 33.6 Å². The molecule has 0 aliphatic heterocycles. The van der Waals surface area contributed by atoms with Gasteiger partial charge in [-0.25, -0.2) is 0 Å². The molecule has 0 aromatic heterocycles. The summed E-state index contributed by atoms with van der Waals surface area (Å²) < 4.78 is 0. The maximum Gasteiger partial charge on any atom is 0.00905 e. The third kappa shape index (κ3) is 7.20. The van der Waals surface area contributed by atoms with Gasteiger partial charge in [-0.15, -0.1) is 0 Å². The van der Waals surface area contributed by atoms with Crippen LogP contribution in [0.4, 0.5) is 0 Å². The molecule has 0 saturated heterocycles. The second kappa shape index (κ2) is 6.36. The largest absolute Gasteiger partial charge is 0.161 e. The number of hydrogen-bond donors (Lipinski definition) is 0. The predicted molar refractivity (Wildman–Crippen MR) is 59.8 cm³/mol. The molecule has 0 saturated carbocycles. The smallest absolute Gasteiger partial charge is 0.00905 e. The van der Waals surface area contributed by atoms with E-state index in [9.17, 15) is 0 Å². The molecule has 0 nitrogen and oxygen atoms in total. The van der Waals surface area contributed by atoms with Crippen molar-refractivity contribution in [1.82, 2.24) is 0 Å². The molecule has 0 aromatic rings. The van der Waals surface area contributed by atoms with Gasteiger partial charge in [0, 0.05) is 5.33 Å². The lowest BCUT2D eigenvalue weighted by molar-refractivity contribution is 0.496. The Labute approximate surface area is 83.6 Å². The lowest BCUT2D eigenvalue weighted by atomic mass is 10.0. The molecule has 2 heteroatoms. The van der Waals surface area contributed by atoms with E-state index in [-0.39, 0.29) is 0 Å². The topological polar surface area (TPSA) is 0 Å². The summed E-state index contributed by atoms with van der Waals surface area (Å²) in [7, 11) is 0. The lowest BCUT2D eigenvalue weighted by Gasteiger charge is -2.20. The Balaban J connectivity index is 3.23. The maximum absolute atomic E-state index is 3.53. The van der Waals surface area contributed by atoms with Crippen LogP contribution < -0.4 is 0 Å². The molecule has 0 bridgehead atoms. The molecule has 0 radical (unpaired) electrons. The van der Waals surface area contributed by atoms with Gasteiger partial charge in [-0.05, 0) is 23.3 Å². The molecule has 0 amide bonds. The highest BCUT2D eigenvalue weighted by atomic mass is 79.9. The van der Waals surface area contributed by atoms with E-state index in [0.29, 0.717) is 5.41 Å². The number of halogens is 1. The first-order valence-electron chi connectivity index (χ1n) is 4.26. The quantitative estimate of drug-likeness (QED) is 0.499. The Kier molecular flexibility index (Phi) is 6.84. The predicted octanol–water partition coefficient (Wildman–Crippen LogP) is 3.94. The molecule has 0 heterocycles. The lowest BCUT2D eigenvalue weighted by Crippen LogP contribution is -2.16. The molecule has 0 N–H and O–H groups in total. The minimum Gasteiger partial charge on any atom is -0.161 e. The average Bonchev–Trinajstić information content (AvgIpc) is 1.99. The molecule has 0 aromatic carbocycles. The van der Waals surface area contributed by atoms with Crippen molar-refractivity contribution in [3.8, 4) is 0 Å². The van der Waals surface area contributed by atoms with Gasteiger partial charge in [-0.1, -0.05) is 43.1 Å². The highest BCUT2D eigenvalue weighted by Crippen LogP contribution is 2.24. The summed E-state index contributed by atoms with van der Waals surface area (Å²) in [5.41, 5.74) is 0.471. The molecule has 0 rings (SSSR count). The number of unbranched alkanes of at least 4 members (excludes halogenated alkanes) is 1. The molecule has 0 atom stereocenters. The molecular formula is C9H19BrS. The van der Waals surface area contributed by atoms with E-state index in [1.165, 1.54) is 24.3 Å². The Bertz CT molecular complexity index is 91.6. The normalized spacial score (nSPS) is 12.0. The van der Waals surface area contributed by atoms with Crippen LogP contribution in [0, 0.1) is 5.41 Å². The van der Waals surface area contributed by atoms with Crippen molar-refractivity contribution in [2.45, 2.75) is 33.6 Å². The van der Waals surface area contributed by atoms with Crippen LogP contribution in [0.3, 0.4) is 0 Å². The first-order valence-corrected chi connectivity index (χ1v) is 6.53. The maximum atomic E-state index is 3.53. The van der Waals surface area contributed by atoms with Crippen molar-refractivity contribution in [2.24, 2.45) is 5.41 Å². The third-order valence-corrected chi connectivity index (χ3v) is 4.58. The van der Waals surface area contributed by atoms with E-state index in [0.717, 1.165) is 5.33 Å². The second-order valence-electron chi connectivity index (χ2n) is 3.70. The summed E-state index contributed by atoms with van der Waals surface area (Å²) in [5, 5.41) is 1.11. The van der Waals surface area contributed by atoms with Crippen molar-refractivity contribution < 1.29 is 0 Å². The third-order valence-electron chi connectivity index (χ3n) is 1.50. The van der Waals surface area contributed by atoms with Crippen molar-refractivity contribution in [3.63, 3.8) is 0 Å². The molecule has 0 unspecified atom stereocenters. The first-order chi connectivity index (χ1) is 5.12. The van der Waals surface area contributed by atoms with Gasteiger partial charge in [0.05, 0.1) is 0 Å². The summed E-state index contributed by atoms with van der Waals surface area (Å²) in [6.07, 6.45) is 2.69. The van der Waals surface area contributed by atoms with Crippen LogP contribution in [0.2, 0.25) is 0 Å². The Hall–Kier alpha value is 0.830. The van der Waals surface area contributed by atoms with Crippen LogP contribution in [0.15, 0.2) is 0 Å². The summed E-state index contributed by atoms with van der Waals surface area (Å²) in [4.78, 5) is 0. The highest BCUT2D eigenvalue weighted by molar-refractivity contribution is 9.09. The fourth-order valence-electron chi connectivity index (χ4n) is 0.633. The van der Waals surface area contributed by atoms with Crippen molar-refractivity contribution in [1.29, 1.82) is 0 Å². The summed E-state index contributed by atoms with van der Waals surface area (Å²) in [6.45, 7) is 6.86. The van der Waals surface area contributed by atoms with Gasteiger partial charge in [-0.2, -0.15) is 11.8 Å². The zero-order valence-corrected chi connectivity index (χ0v) is 10.2. The zero-order chi connectivity index (χ0) is 8.74. The number of rotatable bonds is 6. The van der Waals surface area contributed by atoms with Crippen molar-refractivity contribution in [2.75, 3.05) is 16.8 Å². The zero-order valence-electron chi connectivity index (χ0n) is 7.82. The van der Waals surface area contributed by atoms with Gasteiger partial charge in [0.15, 0.2) is 0 Å². The molecular weight excluding hydrogens is 220 g/mol. The molecule has 0 aliphatic rings. The van der Waals surface area contributed by atoms with Gasteiger partial charge in [-0.3, -0.25) is 0 Å². The Morgan fingerprint density at radius 2 is 2.00 bits per heavy atom. The summed E-state index contributed by atoms with van der Waals surface area (Å²) in [6, 6.07) is 0. The van der Waals surface area contributed by atoms with Crippen molar-refractivity contribution in [3.05, 3.63) is 0 Å². The van der Waals surface area contributed by atoms with Gasteiger partial charge in [0.2, 0.25) is 0 Å². The Morgan fingerprint density at radius 3 is 2.45 bits per heavy atom. The van der Waals surface area contributed by atoms with Crippen LogP contribution in [0.5, 0.6) is 0 Å². The minimum absolute atomic E-state index is 0.471. The molecule has 0 spiro atoms. The highest BCUT2D eigenvalue weighted by Gasteiger charge is 2.14. The Morgan fingerprint density at radius 1 is 1.36 bits per heavy atom. The average molecular weight is 239 g/mol. The molecule has 0 fully saturated rings. The van der Waals surface area contributed by atoms with Gasteiger partial charge in [0.25, 0.3) is 0 Å². The van der Waals surface area contributed by atoms with E-state index >= 15 is 0 Å². The fourth-order valence-corrected chi connectivity index (χ4v) is 2.39. The van der Waals surface area contributed by atoms with Crippen LogP contribution in [-0.4, -0.2) is 16.8 Å². The van der Waals surface area contributed by atoms with E-state index < -0.39 is 0 Å². The van der Waals surface area contributed by atoms with Crippen LogP contribution in [0.25, 0.3) is 0 Å². The van der Waals surface area contributed by atoms with E-state index in [1.54, 1.807) is 0 Å². The van der Waals surface area contributed by atoms with Gasteiger partial charge in [0.1, 0.15) is 0 Å². The monoisotopic (exact) mass is 238 g/mol. The van der Waals surface area contributed by atoms with E-state index in [2.05, 4.69) is 48.5 Å². The molecule has 0 aliphatic carbocycles. The summed E-state index contributed by atoms with van der Waals surface area (Å²) >= 11 is 5.61. The number of hydrogen-bond acceptors (Lipinski definition) is 1. The van der Waals surface area contributed by atoms with Crippen LogP contribution >= 0.6 is 27.7 Å². The van der Waals surface area contributed by atoms with Crippen LogP contribution in [-0.2, 0) is 0 Å². The van der Waals surface area contributed by atoms with E-state index in [4.69, 9.17) is 0 Å². The summed E-state index contributed by atoms with van der Waals surface area (Å²) in [5.74, 6) is 2.60. The van der Waals surface area contributed by atoms with Gasteiger partial charge >= 0.3 is 0 Å². The molecule has 11 heavy (non-hydrogen) atoms. The second-order valence-corrected chi connectivity index (χ2v) is 5.37. The first kappa shape index (κ1) is 11.8.